The van der Waals surface area contributed by atoms with Crippen LogP contribution < -0.4 is 11.1 Å². The maximum Gasteiger partial charge on any atom is 0.246 e. The van der Waals surface area contributed by atoms with Gasteiger partial charge in [0.05, 0.1) is 0 Å². The molecule has 0 aliphatic heterocycles. The van der Waals surface area contributed by atoms with Crippen molar-refractivity contribution in [3.05, 3.63) is 0 Å². The number of carbonyl (C=O) groups excluding carboxylic acids is 1. The SMILES string of the molecule is CCCOCC(=O)NCC(N)C(C)C. The van der Waals surface area contributed by atoms with Gasteiger partial charge in [-0.3, -0.25) is 4.79 Å². The summed E-state index contributed by atoms with van der Waals surface area (Å²) in [4.78, 5) is 11.2. The Bertz CT molecular complexity index is 160. The van der Waals surface area contributed by atoms with Crippen LogP contribution in [-0.2, 0) is 9.53 Å². The Labute approximate surface area is 86.2 Å². The van der Waals surface area contributed by atoms with E-state index in [2.05, 4.69) is 5.32 Å². The number of hydrogen-bond donors (Lipinski definition) is 2. The van der Waals surface area contributed by atoms with E-state index in [1.165, 1.54) is 0 Å². The highest BCUT2D eigenvalue weighted by Gasteiger charge is 2.08. The smallest absolute Gasteiger partial charge is 0.246 e. The summed E-state index contributed by atoms with van der Waals surface area (Å²) in [5.74, 6) is 0.293. The Morgan fingerprint density at radius 3 is 2.64 bits per heavy atom. The van der Waals surface area contributed by atoms with Crippen molar-refractivity contribution >= 4 is 5.91 Å². The topological polar surface area (TPSA) is 64.3 Å². The molecule has 0 fully saturated rings. The number of amides is 1. The van der Waals surface area contributed by atoms with Crippen LogP contribution in [0.5, 0.6) is 0 Å². The van der Waals surface area contributed by atoms with Crippen LogP contribution in [0.25, 0.3) is 0 Å². The summed E-state index contributed by atoms with van der Waals surface area (Å²) >= 11 is 0. The molecule has 4 nitrogen and oxygen atoms in total. The number of nitrogens with one attached hydrogen (secondary N) is 1. The fraction of sp³-hybridized carbons (Fsp3) is 0.900. The zero-order valence-electron chi connectivity index (χ0n) is 9.38. The van der Waals surface area contributed by atoms with Crippen LogP contribution >= 0.6 is 0 Å². The zero-order valence-corrected chi connectivity index (χ0v) is 9.38. The monoisotopic (exact) mass is 202 g/mol. The molecule has 1 amide bonds. The molecule has 0 saturated heterocycles. The second-order valence-electron chi connectivity index (χ2n) is 3.76. The molecule has 0 aromatic rings. The van der Waals surface area contributed by atoms with Crippen molar-refractivity contribution < 1.29 is 9.53 Å². The van der Waals surface area contributed by atoms with Crippen molar-refractivity contribution in [3.63, 3.8) is 0 Å². The average Bonchev–Trinajstić information content (AvgIpc) is 2.14. The lowest BCUT2D eigenvalue weighted by Gasteiger charge is -2.15. The minimum atomic E-state index is -0.0884. The zero-order chi connectivity index (χ0) is 11.0. The molecule has 14 heavy (non-hydrogen) atoms. The largest absolute Gasteiger partial charge is 0.372 e. The van der Waals surface area contributed by atoms with E-state index in [9.17, 15) is 4.79 Å². The summed E-state index contributed by atoms with van der Waals surface area (Å²) < 4.78 is 5.08. The molecule has 0 spiro atoms. The highest BCUT2D eigenvalue weighted by atomic mass is 16.5. The highest BCUT2D eigenvalue weighted by Crippen LogP contribution is 1.95. The molecule has 0 radical (unpaired) electrons. The molecule has 0 aliphatic rings. The van der Waals surface area contributed by atoms with Crippen molar-refractivity contribution in [1.29, 1.82) is 0 Å². The predicted octanol–water partition coefficient (Wildman–Crippen LogP) is 0.513. The van der Waals surface area contributed by atoms with Crippen LogP contribution in [0, 0.1) is 5.92 Å². The first kappa shape index (κ1) is 13.4. The molecule has 4 heteroatoms. The third kappa shape index (κ3) is 6.86. The van der Waals surface area contributed by atoms with Crippen LogP contribution in [-0.4, -0.2) is 31.7 Å². The fourth-order valence-electron chi connectivity index (χ4n) is 0.828. The number of hydrogen-bond acceptors (Lipinski definition) is 3. The van der Waals surface area contributed by atoms with Gasteiger partial charge in [0.25, 0.3) is 0 Å². The second kappa shape index (κ2) is 7.76. The Morgan fingerprint density at radius 2 is 2.14 bits per heavy atom. The van der Waals surface area contributed by atoms with Gasteiger partial charge >= 0.3 is 0 Å². The molecule has 1 unspecified atom stereocenters. The standard InChI is InChI=1S/C10H22N2O2/c1-4-5-14-7-10(13)12-6-9(11)8(2)3/h8-9H,4-7,11H2,1-3H3,(H,12,13). The molecule has 0 aromatic heterocycles. The first-order chi connectivity index (χ1) is 6.57. The van der Waals surface area contributed by atoms with Crippen LogP contribution in [0.4, 0.5) is 0 Å². The number of nitrogens with two attached hydrogens (primary N) is 1. The summed E-state index contributed by atoms with van der Waals surface area (Å²) in [6, 6.07) is 0.0186. The lowest BCUT2D eigenvalue weighted by molar-refractivity contribution is -0.125. The van der Waals surface area contributed by atoms with Crippen molar-refractivity contribution in [1.82, 2.24) is 5.32 Å². The van der Waals surface area contributed by atoms with Crippen molar-refractivity contribution in [2.45, 2.75) is 33.2 Å². The van der Waals surface area contributed by atoms with Crippen LogP contribution in [0.15, 0.2) is 0 Å². The lowest BCUT2D eigenvalue weighted by Crippen LogP contribution is -2.41. The second-order valence-corrected chi connectivity index (χ2v) is 3.76. The molecule has 0 heterocycles. The summed E-state index contributed by atoms with van der Waals surface area (Å²) in [6.07, 6.45) is 0.929. The summed E-state index contributed by atoms with van der Waals surface area (Å²) in [5, 5.41) is 2.73. The maximum absolute atomic E-state index is 11.2. The van der Waals surface area contributed by atoms with E-state index in [-0.39, 0.29) is 18.6 Å². The summed E-state index contributed by atoms with van der Waals surface area (Å²) in [7, 11) is 0. The molecule has 0 saturated carbocycles. The van der Waals surface area contributed by atoms with E-state index >= 15 is 0 Å². The van der Waals surface area contributed by atoms with E-state index in [0.717, 1.165) is 6.42 Å². The number of carbonyl (C=O) groups is 1. The van der Waals surface area contributed by atoms with Gasteiger partial charge in [-0.1, -0.05) is 20.8 Å². The maximum atomic E-state index is 11.2. The molecule has 0 aliphatic carbocycles. The van der Waals surface area contributed by atoms with Crippen LogP contribution in [0.2, 0.25) is 0 Å². The van der Waals surface area contributed by atoms with Gasteiger partial charge in [-0.05, 0) is 12.3 Å². The van der Waals surface area contributed by atoms with Crippen molar-refractivity contribution in [3.8, 4) is 0 Å². The van der Waals surface area contributed by atoms with Crippen molar-refractivity contribution in [2.75, 3.05) is 19.8 Å². The Balaban J connectivity index is 3.44. The molecule has 1 atom stereocenters. The van der Waals surface area contributed by atoms with Gasteiger partial charge in [0.15, 0.2) is 0 Å². The Kier molecular flexibility index (Phi) is 7.42. The van der Waals surface area contributed by atoms with Crippen LogP contribution in [0.3, 0.4) is 0 Å². The Morgan fingerprint density at radius 1 is 1.50 bits per heavy atom. The van der Waals surface area contributed by atoms with Gasteiger partial charge in [0.2, 0.25) is 5.91 Å². The van der Waals surface area contributed by atoms with Gasteiger partial charge in [-0.2, -0.15) is 0 Å². The van der Waals surface area contributed by atoms with E-state index in [1.54, 1.807) is 0 Å². The molecule has 0 bridgehead atoms. The van der Waals surface area contributed by atoms with E-state index in [4.69, 9.17) is 10.5 Å². The van der Waals surface area contributed by atoms with Gasteiger partial charge in [0, 0.05) is 19.2 Å². The third-order valence-corrected chi connectivity index (χ3v) is 1.97. The highest BCUT2D eigenvalue weighted by molar-refractivity contribution is 5.77. The fourth-order valence-corrected chi connectivity index (χ4v) is 0.828. The van der Waals surface area contributed by atoms with Crippen LogP contribution in [0.1, 0.15) is 27.2 Å². The number of ether oxygens (including phenoxy) is 1. The molecule has 0 rings (SSSR count). The molecular formula is C10H22N2O2. The molecule has 0 aromatic carbocycles. The van der Waals surface area contributed by atoms with E-state index in [0.29, 0.717) is 19.1 Å². The lowest BCUT2D eigenvalue weighted by atomic mass is 10.1. The minimum absolute atomic E-state index is 0.0186. The molecule has 84 valence electrons. The van der Waals surface area contributed by atoms with Gasteiger partial charge in [0.1, 0.15) is 6.61 Å². The van der Waals surface area contributed by atoms with Gasteiger partial charge in [-0.15, -0.1) is 0 Å². The summed E-state index contributed by atoms with van der Waals surface area (Å²) in [5.41, 5.74) is 5.76. The predicted molar refractivity (Wildman–Crippen MR) is 56.9 cm³/mol. The quantitative estimate of drug-likeness (QED) is 0.591. The first-order valence-corrected chi connectivity index (χ1v) is 5.18. The van der Waals surface area contributed by atoms with Crippen molar-refractivity contribution in [2.24, 2.45) is 11.7 Å². The molecule has 3 N–H and O–H groups in total. The van der Waals surface area contributed by atoms with Gasteiger partial charge in [-0.25, -0.2) is 0 Å². The summed E-state index contributed by atoms with van der Waals surface area (Å²) in [6.45, 7) is 7.36. The molecular weight excluding hydrogens is 180 g/mol. The Hall–Kier alpha value is -0.610. The third-order valence-electron chi connectivity index (χ3n) is 1.97. The number of rotatable bonds is 7. The normalized spacial score (nSPS) is 12.9. The average molecular weight is 202 g/mol. The van der Waals surface area contributed by atoms with Gasteiger partial charge < -0.3 is 15.8 Å². The van der Waals surface area contributed by atoms with E-state index in [1.807, 2.05) is 20.8 Å². The van der Waals surface area contributed by atoms with E-state index < -0.39 is 0 Å². The first-order valence-electron chi connectivity index (χ1n) is 5.18. The minimum Gasteiger partial charge on any atom is -0.372 e.